The highest BCUT2D eigenvalue weighted by atomic mass is 16.1. The number of nitrogens with zero attached hydrogens (tertiary/aromatic N) is 2. The molecule has 150 valence electrons. The molecule has 1 aliphatic rings. The topological polar surface area (TPSA) is 25.2 Å². The van der Waals surface area contributed by atoms with Gasteiger partial charge in [0.15, 0.2) is 0 Å². The molecule has 0 amide bonds. The highest BCUT2D eigenvalue weighted by Crippen LogP contribution is 2.14. The lowest BCUT2D eigenvalue weighted by Crippen LogP contribution is -2.20. The quantitative estimate of drug-likeness (QED) is 0.571. The van der Waals surface area contributed by atoms with E-state index in [1.165, 1.54) is 42.6 Å². The maximum Gasteiger partial charge on any atom is 0.250 e. The molecule has 1 saturated heterocycles. The van der Waals surface area contributed by atoms with Crippen molar-refractivity contribution in [3.63, 3.8) is 0 Å². The van der Waals surface area contributed by atoms with Gasteiger partial charge in [0.25, 0.3) is 5.56 Å². The van der Waals surface area contributed by atoms with Crippen molar-refractivity contribution < 1.29 is 0 Å². The Balaban J connectivity index is 1.29. The summed E-state index contributed by atoms with van der Waals surface area (Å²) in [6, 6.07) is 23.2. The van der Waals surface area contributed by atoms with Crippen molar-refractivity contribution >= 4 is 0 Å². The molecule has 3 nitrogen and oxygen atoms in total. The molecule has 0 bridgehead atoms. The first-order valence-corrected chi connectivity index (χ1v) is 10.8. The smallest absolute Gasteiger partial charge is 0.250 e. The van der Waals surface area contributed by atoms with Crippen LogP contribution in [0.1, 0.15) is 35.1 Å². The standard InChI is InChI=1S/C26H30N2O/c29-26-20-24(11-8-22-6-2-1-3-7-22)15-19-28(26)18-14-23-9-12-25(13-10-23)21-27-16-4-5-17-27/h1-3,6-7,9-10,12-13,15,19-20H,4-5,8,11,14,16-18,21H2. The Morgan fingerprint density at radius 3 is 2.07 bits per heavy atom. The number of aromatic nitrogens is 1. The Bertz CT molecular complexity index is 954. The summed E-state index contributed by atoms with van der Waals surface area (Å²) in [6.07, 6.45) is 7.36. The van der Waals surface area contributed by atoms with Crippen molar-refractivity contribution in [2.45, 2.75) is 45.2 Å². The van der Waals surface area contributed by atoms with Gasteiger partial charge < -0.3 is 4.57 Å². The predicted molar refractivity (Wildman–Crippen MR) is 119 cm³/mol. The number of pyridine rings is 1. The molecule has 0 N–H and O–H groups in total. The van der Waals surface area contributed by atoms with E-state index in [1.54, 1.807) is 6.07 Å². The van der Waals surface area contributed by atoms with E-state index in [-0.39, 0.29) is 5.56 Å². The molecule has 1 fully saturated rings. The van der Waals surface area contributed by atoms with Crippen molar-refractivity contribution in [1.29, 1.82) is 0 Å². The van der Waals surface area contributed by atoms with Crippen LogP contribution >= 0.6 is 0 Å². The number of aryl methyl sites for hydroxylation is 4. The molecule has 2 aromatic carbocycles. The minimum absolute atomic E-state index is 0.0983. The van der Waals surface area contributed by atoms with Crippen LogP contribution in [0.15, 0.2) is 77.7 Å². The van der Waals surface area contributed by atoms with Crippen molar-refractivity contribution in [2.75, 3.05) is 13.1 Å². The molecule has 0 saturated carbocycles. The molecule has 0 radical (unpaired) electrons. The molecule has 3 heteroatoms. The van der Waals surface area contributed by atoms with Crippen LogP contribution in [-0.4, -0.2) is 22.6 Å². The van der Waals surface area contributed by atoms with Gasteiger partial charge in [0.05, 0.1) is 0 Å². The SMILES string of the molecule is O=c1cc(CCc2ccccc2)ccn1CCc1ccc(CN2CCCC2)cc1. The molecular formula is C26H30N2O. The summed E-state index contributed by atoms with van der Waals surface area (Å²) < 4.78 is 1.82. The third-order valence-electron chi connectivity index (χ3n) is 5.87. The van der Waals surface area contributed by atoms with Crippen LogP contribution in [0, 0.1) is 0 Å². The maximum atomic E-state index is 12.5. The molecule has 0 spiro atoms. The van der Waals surface area contributed by atoms with Crippen LogP contribution in [0.3, 0.4) is 0 Å². The van der Waals surface area contributed by atoms with Crippen molar-refractivity contribution in [3.8, 4) is 0 Å². The van der Waals surface area contributed by atoms with Crippen molar-refractivity contribution in [3.05, 3.63) is 106 Å². The van der Waals surface area contributed by atoms with Crippen molar-refractivity contribution in [2.24, 2.45) is 0 Å². The Labute approximate surface area is 173 Å². The lowest BCUT2D eigenvalue weighted by Gasteiger charge is -2.14. The minimum atomic E-state index is 0.0983. The summed E-state index contributed by atoms with van der Waals surface area (Å²) in [4.78, 5) is 15.0. The number of benzene rings is 2. The first-order chi connectivity index (χ1) is 14.3. The van der Waals surface area contributed by atoms with E-state index < -0.39 is 0 Å². The zero-order chi connectivity index (χ0) is 19.9. The van der Waals surface area contributed by atoms with E-state index in [1.807, 2.05) is 16.8 Å². The normalized spacial score (nSPS) is 14.3. The Kier molecular flexibility index (Phi) is 6.58. The summed E-state index contributed by atoms with van der Waals surface area (Å²) in [5.74, 6) is 0. The van der Waals surface area contributed by atoms with Crippen LogP contribution in [0.25, 0.3) is 0 Å². The van der Waals surface area contributed by atoms with Gasteiger partial charge in [-0.05, 0) is 73.5 Å². The number of rotatable bonds is 8. The van der Waals surface area contributed by atoms with E-state index in [0.29, 0.717) is 0 Å². The van der Waals surface area contributed by atoms with Gasteiger partial charge in [-0.3, -0.25) is 9.69 Å². The lowest BCUT2D eigenvalue weighted by molar-refractivity contribution is 0.331. The Morgan fingerprint density at radius 2 is 1.34 bits per heavy atom. The summed E-state index contributed by atoms with van der Waals surface area (Å²) in [6.45, 7) is 4.24. The summed E-state index contributed by atoms with van der Waals surface area (Å²) in [5.41, 5.74) is 5.19. The van der Waals surface area contributed by atoms with E-state index >= 15 is 0 Å². The minimum Gasteiger partial charge on any atom is -0.315 e. The average molecular weight is 387 g/mol. The Hall–Kier alpha value is -2.65. The molecule has 3 aromatic rings. The van der Waals surface area contributed by atoms with Gasteiger partial charge >= 0.3 is 0 Å². The van der Waals surface area contributed by atoms with Crippen LogP contribution in [-0.2, 0) is 32.4 Å². The van der Waals surface area contributed by atoms with Crippen LogP contribution in [0.4, 0.5) is 0 Å². The first-order valence-electron chi connectivity index (χ1n) is 10.8. The highest BCUT2D eigenvalue weighted by molar-refractivity contribution is 5.23. The summed E-state index contributed by atoms with van der Waals surface area (Å²) in [7, 11) is 0. The summed E-state index contributed by atoms with van der Waals surface area (Å²) in [5, 5.41) is 0. The largest absolute Gasteiger partial charge is 0.315 e. The predicted octanol–water partition coefficient (Wildman–Crippen LogP) is 4.47. The number of hydrogen-bond acceptors (Lipinski definition) is 2. The van der Waals surface area contributed by atoms with E-state index in [0.717, 1.165) is 37.9 Å². The van der Waals surface area contributed by atoms with Crippen LogP contribution < -0.4 is 5.56 Å². The molecule has 0 unspecified atom stereocenters. The third kappa shape index (κ3) is 5.68. The van der Waals surface area contributed by atoms with E-state index in [9.17, 15) is 4.79 Å². The van der Waals surface area contributed by atoms with Gasteiger partial charge in [0.2, 0.25) is 0 Å². The number of likely N-dealkylation sites (tertiary alicyclic amines) is 1. The molecular weight excluding hydrogens is 356 g/mol. The van der Waals surface area contributed by atoms with Gasteiger partial charge in [-0.1, -0.05) is 54.6 Å². The van der Waals surface area contributed by atoms with Gasteiger partial charge in [0.1, 0.15) is 0 Å². The number of hydrogen-bond donors (Lipinski definition) is 0. The molecule has 0 atom stereocenters. The second-order valence-electron chi connectivity index (χ2n) is 8.10. The third-order valence-corrected chi connectivity index (χ3v) is 5.87. The second kappa shape index (κ2) is 9.71. The molecule has 4 rings (SSSR count). The van der Waals surface area contributed by atoms with Gasteiger partial charge in [0, 0.05) is 25.4 Å². The van der Waals surface area contributed by atoms with Gasteiger partial charge in [-0.15, -0.1) is 0 Å². The van der Waals surface area contributed by atoms with E-state index in [2.05, 4.69) is 59.5 Å². The fourth-order valence-electron chi connectivity index (χ4n) is 4.08. The second-order valence-corrected chi connectivity index (χ2v) is 8.10. The molecule has 0 aliphatic carbocycles. The van der Waals surface area contributed by atoms with Crippen LogP contribution in [0.5, 0.6) is 0 Å². The maximum absolute atomic E-state index is 12.5. The zero-order valence-electron chi connectivity index (χ0n) is 17.1. The lowest BCUT2D eigenvalue weighted by atomic mass is 10.1. The fourth-order valence-corrected chi connectivity index (χ4v) is 4.08. The Morgan fingerprint density at radius 1 is 0.690 bits per heavy atom. The molecule has 2 heterocycles. The van der Waals surface area contributed by atoms with Crippen molar-refractivity contribution in [1.82, 2.24) is 9.47 Å². The van der Waals surface area contributed by atoms with Crippen LogP contribution in [0.2, 0.25) is 0 Å². The average Bonchev–Trinajstić information content (AvgIpc) is 3.26. The molecule has 1 aromatic heterocycles. The molecule has 1 aliphatic heterocycles. The fraction of sp³-hybridized carbons (Fsp3) is 0.346. The van der Waals surface area contributed by atoms with Gasteiger partial charge in [-0.25, -0.2) is 0 Å². The monoisotopic (exact) mass is 386 g/mol. The van der Waals surface area contributed by atoms with Gasteiger partial charge in [-0.2, -0.15) is 0 Å². The first kappa shape index (κ1) is 19.7. The molecule has 29 heavy (non-hydrogen) atoms. The van der Waals surface area contributed by atoms with E-state index in [4.69, 9.17) is 0 Å². The zero-order valence-corrected chi connectivity index (χ0v) is 17.1. The highest BCUT2D eigenvalue weighted by Gasteiger charge is 2.11. The summed E-state index contributed by atoms with van der Waals surface area (Å²) >= 11 is 0.